The van der Waals surface area contributed by atoms with Gasteiger partial charge in [-0.25, -0.2) is 15.0 Å². The molecule has 2 aliphatic heterocycles. The third-order valence-corrected chi connectivity index (χ3v) is 5.99. The molecule has 0 aliphatic carbocycles. The highest BCUT2D eigenvalue weighted by molar-refractivity contribution is 7.11. The van der Waals surface area contributed by atoms with Gasteiger partial charge in [0.2, 0.25) is 0 Å². The van der Waals surface area contributed by atoms with Crippen LogP contribution in [0.5, 0.6) is 0 Å². The monoisotopic (exact) mass is 345 g/mol. The maximum atomic E-state index is 5.52. The quantitative estimate of drug-likeness (QED) is 0.846. The second-order valence-electron chi connectivity index (χ2n) is 6.47. The smallest absolute Gasteiger partial charge is 0.131 e. The first-order valence-corrected chi connectivity index (χ1v) is 9.37. The molecule has 2 aromatic rings. The Bertz CT molecular complexity index is 645. The van der Waals surface area contributed by atoms with Crippen LogP contribution in [0.2, 0.25) is 0 Å². The van der Waals surface area contributed by atoms with Crippen LogP contribution in [-0.4, -0.2) is 52.6 Å². The van der Waals surface area contributed by atoms with E-state index in [1.54, 1.807) is 6.33 Å². The lowest BCUT2D eigenvalue weighted by molar-refractivity contribution is 0.112. The molecule has 1 fully saturated rings. The first kappa shape index (κ1) is 15.9. The fourth-order valence-electron chi connectivity index (χ4n) is 3.48. The van der Waals surface area contributed by atoms with E-state index in [9.17, 15) is 0 Å². The second-order valence-corrected chi connectivity index (χ2v) is 7.63. The van der Waals surface area contributed by atoms with Crippen LogP contribution >= 0.6 is 11.3 Å². The topological polar surface area (TPSA) is 54.4 Å². The van der Waals surface area contributed by atoms with E-state index in [-0.39, 0.29) is 0 Å². The average Bonchev–Trinajstić information content (AvgIpc) is 3.05. The minimum absolute atomic E-state index is 0.550. The molecule has 0 radical (unpaired) electrons. The highest BCUT2D eigenvalue weighted by Gasteiger charge is 2.24. The summed E-state index contributed by atoms with van der Waals surface area (Å²) in [5, 5.41) is 1.24. The molecule has 0 spiro atoms. The van der Waals surface area contributed by atoms with Crippen LogP contribution in [0.25, 0.3) is 0 Å². The predicted molar refractivity (Wildman–Crippen MR) is 94.2 cm³/mol. The molecular formula is C17H23N5OS. The summed E-state index contributed by atoms with van der Waals surface area (Å²) < 4.78 is 5.52. The Hall–Kier alpha value is -1.57. The van der Waals surface area contributed by atoms with Crippen molar-refractivity contribution >= 4 is 17.2 Å². The Morgan fingerprint density at radius 3 is 3.00 bits per heavy atom. The van der Waals surface area contributed by atoms with Crippen LogP contribution < -0.4 is 4.90 Å². The second kappa shape index (κ2) is 7.13. The van der Waals surface area contributed by atoms with Gasteiger partial charge in [-0.05, 0) is 18.9 Å². The summed E-state index contributed by atoms with van der Waals surface area (Å²) in [7, 11) is 2.14. The molecule has 0 aromatic carbocycles. The molecule has 1 saturated heterocycles. The van der Waals surface area contributed by atoms with Gasteiger partial charge < -0.3 is 9.64 Å². The molecule has 4 heterocycles. The van der Waals surface area contributed by atoms with Crippen molar-refractivity contribution in [2.75, 3.05) is 31.6 Å². The number of fused-ring (bicyclic) bond motifs is 1. The number of thiazole rings is 1. The summed E-state index contributed by atoms with van der Waals surface area (Å²) >= 11 is 1.83. The molecule has 7 heteroatoms. The van der Waals surface area contributed by atoms with Crippen molar-refractivity contribution in [3.8, 4) is 0 Å². The number of hydrogen-bond donors (Lipinski definition) is 0. The van der Waals surface area contributed by atoms with Crippen molar-refractivity contribution in [2.24, 2.45) is 0 Å². The fourth-order valence-corrected chi connectivity index (χ4v) is 4.58. The van der Waals surface area contributed by atoms with Crippen LogP contribution in [0.15, 0.2) is 18.6 Å². The van der Waals surface area contributed by atoms with Crippen molar-refractivity contribution in [1.82, 2.24) is 19.9 Å². The van der Waals surface area contributed by atoms with Gasteiger partial charge in [-0.3, -0.25) is 4.90 Å². The maximum Gasteiger partial charge on any atom is 0.131 e. The van der Waals surface area contributed by atoms with Crippen LogP contribution in [0.1, 0.15) is 28.4 Å². The number of anilines is 1. The molecular weight excluding hydrogens is 322 g/mol. The van der Waals surface area contributed by atoms with Crippen LogP contribution in [0.4, 0.5) is 5.82 Å². The van der Waals surface area contributed by atoms with Gasteiger partial charge in [0.1, 0.15) is 17.2 Å². The SMILES string of the molecule is CN(c1ccncn1)C1CCN(Cc2nc3c(s2)COCC3)CC1. The molecule has 6 nitrogen and oxygen atoms in total. The van der Waals surface area contributed by atoms with Crippen molar-refractivity contribution in [2.45, 2.75) is 38.5 Å². The molecule has 128 valence electrons. The summed E-state index contributed by atoms with van der Waals surface area (Å²) in [4.78, 5) is 19.3. The molecule has 0 atom stereocenters. The number of likely N-dealkylation sites (tertiary alicyclic amines) is 1. The highest BCUT2D eigenvalue weighted by atomic mass is 32.1. The lowest BCUT2D eigenvalue weighted by atomic mass is 10.0. The van der Waals surface area contributed by atoms with Gasteiger partial charge in [-0.15, -0.1) is 11.3 Å². The molecule has 2 aliphatic rings. The zero-order valence-electron chi connectivity index (χ0n) is 14.0. The van der Waals surface area contributed by atoms with Crippen molar-refractivity contribution in [3.05, 3.63) is 34.2 Å². The first-order chi connectivity index (χ1) is 11.8. The van der Waals surface area contributed by atoms with E-state index in [4.69, 9.17) is 9.72 Å². The van der Waals surface area contributed by atoms with E-state index in [1.807, 2.05) is 23.6 Å². The van der Waals surface area contributed by atoms with E-state index >= 15 is 0 Å². The largest absolute Gasteiger partial charge is 0.375 e. The third-order valence-electron chi connectivity index (χ3n) is 4.93. The highest BCUT2D eigenvalue weighted by Crippen LogP contribution is 2.26. The fraction of sp³-hybridized carbons (Fsp3) is 0.588. The number of nitrogens with zero attached hydrogens (tertiary/aromatic N) is 5. The van der Waals surface area contributed by atoms with Crippen molar-refractivity contribution in [3.63, 3.8) is 0 Å². The Morgan fingerprint density at radius 2 is 2.25 bits per heavy atom. The summed E-state index contributed by atoms with van der Waals surface area (Å²) in [5.74, 6) is 1.01. The average molecular weight is 345 g/mol. The number of piperidine rings is 1. The van der Waals surface area contributed by atoms with E-state index in [2.05, 4.69) is 26.8 Å². The van der Waals surface area contributed by atoms with Crippen LogP contribution in [-0.2, 0) is 24.3 Å². The van der Waals surface area contributed by atoms with Gasteiger partial charge in [0, 0.05) is 38.8 Å². The Kier molecular flexibility index (Phi) is 4.73. The van der Waals surface area contributed by atoms with Gasteiger partial charge >= 0.3 is 0 Å². The predicted octanol–water partition coefficient (Wildman–Crippen LogP) is 2.11. The minimum atomic E-state index is 0.550. The zero-order chi connectivity index (χ0) is 16.4. The molecule has 2 aromatic heterocycles. The Balaban J connectivity index is 1.32. The molecule has 0 bridgehead atoms. The van der Waals surface area contributed by atoms with E-state index < -0.39 is 0 Å². The van der Waals surface area contributed by atoms with E-state index in [0.29, 0.717) is 6.04 Å². The number of rotatable bonds is 4. The number of aromatic nitrogens is 3. The minimum Gasteiger partial charge on any atom is -0.375 e. The first-order valence-electron chi connectivity index (χ1n) is 8.56. The van der Waals surface area contributed by atoms with Gasteiger partial charge in [0.05, 0.1) is 30.3 Å². The summed E-state index contributed by atoms with van der Waals surface area (Å²) in [6.07, 6.45) is 6.72. The molecule has 0 amide bonds. The third kappa shape index (κ3) is 3.43. The number of hydrogen-bond acceptors (Lipinski definition) is 7. The van der Waals surface area contributed by atoms with Gasteiger partial charge in [-0.2, -0.15) is 0 Å². The number of ether oxygens (including phenoxy) is 1. The molecule has 0 saturated carbocycles. The van der Waals surface area contributed by atoms with Crippen molar-refractivity contribution < 1.29 is 4.74 Å². The summed E-state index contributed by atoms with van der Waals surface area (Å²) in [6.45, 7) is 4.76. The van der Waals surface area contributed by atoms with Crippen LogP contribution in [0, 0.1) is 0 Å². The van der Waals surface area contributed by atoms with E-state index in [0.717, 1.165) is 57.9 Å². The molecule has 24 heavy (non-hydrogen) atoms. The zero-order valence-corrected chi connectivity index (χ0v) is 14.8. The normalized spacial score (nSPS) is 19.2. The Labute approximate surface area is 146 Å². The summed E-state index contributed by atoms with van der Waals surface area (Å²) in [6, 6.07) is 2.53. The van der Waals surface area contributed by atoms with Gasteiger partial charge in [0.25, 0.3) is 0 Å². The standard InChI is InChI=1S/C17H23N5OS/c1-21(16-2-6-18-12-19-16)13-3-7-22(8-4-13)10-17-20-14-5-9-23-11-15(14)24-17/h2,6,12-13H,3-5,7-11H2,1H3. The molecule has 0 unspecified atom stereocenters. The van der Waals surface area contributed by atoms with Crippen molar-refractivity contribution in [1.29, 1.82) is 0 Å². The van der Waals surface area contributed by atoms with Crippen LogP contribution in [0.3, 0.4) is 0 Å². The summed E-state index contributed by atoms with van der Waals surface area (Å²) in [5.41, 5.74) is 1.26. The van der Waals surface area contributed by atoms with E-state index in [1.165, 1.54) is 15.6 Å². The molecule has 4 rings (SSSR count). The van der Waals surface area contributed by atoms with Gasteiger partial charge in [-0.1, -0.05) is 0 Å². The Morgan fingerprint density at radius 1 is 1.38 bits per heavy atom. The molecule has 0 N–H and O–H groups in total. The maximum absolute atomic E-state index is 5.52. The van der Waals surface area contributed by atoms with Gasteiger partial charge in [0.15, 0.2) is 0 Å². The lowest BCUT2D eigenvalue weighted by Gasteiger charge is -2.36. The lowest BCUT2D eigenvalue weighted by Crippen LogP contribution is -2.43.